The Labute approximate surface area is 105 Å². The summed E-state index contributed by atoms with van der Waals surface area (Å²) in [6, 6.07) is 5.88. The molecule has 2 aromatic rings. The minimum atomic E-state index is 0.327. The highest BCUT2D eigenvalue weighted by Gasteiger charge is 2.23. The van der Waals surface area contributed by atoms with Gasteiger partial charge >= 0.3 is 0 Å². The summed E-state index contributed by atoms with van der Waals surface area (Å²) in [6.07, 6.45) is 3.69. The molecule has 0 radical (unpaired) electrons. The van der Waals surface area contributed by atoms with Crippen LogP contribution in [0.3, 0.4) is 0 Å². The van der Waals surface area contributed by atoms with Gasteiger partial charge < -0.3 is 4.74 Å². The second-order valence-electron chi connectivity index (χ2n) is 4.39. The van der Waals surface area contributed by atoms with Crippen LogP contribution in [0.15, 0.2) is 18.2 Å². The molecule has 1 fully saturated rings. The van der Waals surface area contributed by atoms with Gasteiger partial charge in [0.05, 0.1) is 18.3 Å². The van der Waals surface area contributed by atoms with Crippen molar-refractivity contribution in [2.24, 2.45) is 0 Å². The van der Waals surface area contributed by atoms with E-state index in [4.69, 9.17) is 16.3 Å². The van der Waals surface area contributed by atoms with E-state index < -0.39 is 0 Å². The van der Waals surface area contributed by atoms with E-state index in [1.54, 1.807) is 7.11 Å². The monoisotopic (exact) mass is 248 g/mol. The predicted octanol–water partition coefficient (Wildman–Crippen LogP) is 3.56. The number of rotatable bonds is 2. The Hall–Kier alpha value is -1.35. The van der Waals surface area contributed by atoms with Gasteiger partial charge in [-0.1, -0.05) is 6.42 Å². The lowest BCUT2D eigenvalue weighted by molar-refractivity contribution is 0.412. The van der Waals surface area contributed by atoms with E-state index in [0.717, 1.165) is 22.3 Å². The maximum atomic E-state index is 5.98. The van der Waals surface area contributed by atoms with Gasteiger partial charge in [0.15, 0.2) is 0 Å². The molecule has 0 saturated heterocycles. The zero-order chi connectivity index (χ0) is 11.8. The standard InChI is InChI=1S/C13H13ClN2O/c1-17-9-5-6-10-11(7-9)15-13(14)16-12(10)8-3-2-4-8/h5-8H,2-4H2,1H3. The molecule has 1 aromatic carbocycles. The molecule has 0 bridgehead atoms. The van der Waals surface area contributed by atoms with Crippen LogP contribution < -0.4 is 4.74 Å². The molecule has 1 saturated carbocycles. The number of fused-ring (bicyclic) bond motifs is 1. The molecular formula is C13H13ClN2O. The number of hydrogen-bond donors (Lipinski definition) is 0. The third-order valence-corrected chi connectivity index (χ3v) is 3.57. The molecule has 0 amide bonds. The molecule has 0 unspecified atom stereocenters. The quantitative estimate of drug-likeness (QED) is 0.763. The predicted molar refractivity (Wildman–Crippen MR) is 67.7 cm³/mol. The fourth-order valence-corrected chi connectivity index (χ4v) is 2.41. The summed E-state index contributed by atoms with van der Waals surface area (Å²) in [5.41, 5.74) is 1.96. The summed E-state index contributed by atoms with van der Waals surface area (Å²) >= 11 is 5.98. The van der Waals surface area contributed by atoms with Crippen molar-refractivity contribution in [1.82, 2.24) is 9.97 Å². The number of aromatic nitrogens is 2. The van der Waals surface area contributed by atoms with E-state index >= 15 is 0 Å². The Morgan fingerprint density at radius 1 is 1.29 bits per heavy atom. The van der Waals surface area contributed by atoms with Gasteiger partial charge in [-0.05, 0) is 36.6 Å². The minimum absolute atomic E-state index is 0.327. The Morgan fingerprint density at radius 2 is 2.12 bits per heavy atom. The molecule has 1 aliphatic carbocycles. The average molecular weight is 249 g/mol. The first-order valence-electron chi connectivity index (χ1n) is 5.79. The largest absolute Gasteiger partial charge is 0.497 e. The normalized spacial score (nSPS) is 15.9. The Morgan fingerprint density at radius 3 is 2.76 bits per heavy atom. The molecule has 3 nitrogen and oxygen atoms in total. The lowest BCUT2D eigenvalue weighted by atomic mass is 9.81. The fraction of sp³-hybridized carbons (Fsp3) is 0.385. The van der Waals surface area contributed by atoms with Gasteiger partial charge in [-0.2, -0.15) is 0 Å². The molecular weight excluding hydrogens is 236 g/mol. The van der Waals surface area contributed by atoms with Gasteiger partial charge in [0, 0.05) is 17.4 Å². The van der Waals surface area contributed by atoms with Crippen molar-refractivity contribution in [3.8, 4) is 5.75 Å². The smallest absolute Gasteiger partial charge is 0.223 e. The van der Waals surface area contributed by atoms with Crippen LogP contribution >= 0.6 is 11.6 Å². The molecule has 1 heterocycles. The Balaban J connectivity index is 2.20. The second kappa shape index (κ2) is 4.15. The van der Waals surface area contributed by atoms with Crippen molar-refractivity contribution in [1.29, 1.82) is 0 Å². The molecule has 0 N–H and O–H groups in total. The zero-order valence-corrected chi connectivity index (χ0v) is 10.4. The first kappa shape index (κ1) is 10.8. The Kier molecular flexibility index (Phi) is 2.63. The zero-order valence-electron chi connectivity index (χ0n) is 9.61. The number of nitrogens with zero attached hydrogens (tertiary/aromatic N) is 2. The van der Waals surface area contributed by atoms with Gasteiger partial charge in [0.25, 0.3) is 0 Å². The van der Waals surface area contributed by atoms with Crippen molar-refractivity contribution < 1.29 is 4.74 Å². The van der Waals surface area contributed by atoms with Crippen molar-refractivity contribution in [3.63, 3.8) is 0 Å². The molecule has 0 aliphatic heterocycles. The molecule has 4 heteroatoms. The lowest BCUT2D eigenvalue weighted by Crippen LogP contribution is -2.11. The summed E-state index contributed by atoms with van der Waals surface area (Å²) < 4.78 is 5.20. The van der Waals surface area contributed by atoms with Crippen LogP contribution in [-0.2, 0) is 0 Å². The van der Waals surface area contributed by atoms with Crippen molar-refractivity contribution in [3.05, 3.63) is 29.2 Å². The van der Waals surface area contributed by atoms with Gasteiger partial charge in [-0.15, -0.1) is 0 Å². The van der Waals surface area contributed by atoms with Crippen LogP contribution in [-0.4, -0.2) is 17.1 Å². The average Bonchev–Trinajstić information content (AvgIpc) is 2.25. The molecule has 88 valence electrons. The topological polar surface area (TPSA) is 35.0 Å². The first-order valence-corrected chi connectivity index (χ1v) is 6.17. The van der Waals surface area contributed by atoms with Crippen LogP contribution in [0.2, 0.25) is 5.28 Å². The molecule has 0 spiro atoms. The van der Waals surface area contributed by atoms with Crippen LogP contribution in [0, 0.1) is 0 Å². The van der Waals surface area contributed by atoms with Crippen LogP contribution in [0.25, 0.3) is 10.9 Å². The van der Waals surface area contributed by atoms with E-state index in [9.17, 15) is 0 Å². The van der Waals surface area contributed by atoms with Crippen molar-refractivity contribution >= 4 is 22.5 Å². The highest BCUT2D eigenvalue weighted by molar-refractivity contribution is 6.28. The lowest BCUT2D eigenvalue weighted by Gasteiger charge is -2.25. The highest BCUT2D eigenvalue weighted by atomic mass is 35.5. The van der Waals surface area contributed by atoms with Gasteiger partial charge in [0.2, 0.25) is 5.28 Å². The van der Waals surface area contributed by atoms with Gasteiger partial charge in [-0.25, -0.2) is 9.97 Å². The van der Waals surface area contributed by atoms with E-state index in [-0.39, 0.29) is 0 Å². The number of benzene rings is 1. The molecule has 3 rings (SSSR count). The molecule has 1 aromatic heterocycles. The maximum absolute atomic E-state index is 5.98. The SMILES string of the molecule is COc1ccc2c(C3CCC3)nc(Cl)nc2c1. The summed E-state index contributed by atoms with van der Waals surface area (Å²) in [6.45, 7) is 0. The minimum Gasteiger partial charge on any atom is -0.497 e. The number of hydrogen-bond acceptors (Lipinski definition) is 3. The maximum Gasteiger partial charge on any atom is 0.223 e. The molecule has 17 heavy (non-hydrogen) atoms. The second-order valence-corrected chi connectivity index (χ2v) is 4.73. The third kappa shape index (κ3) is 1.84. The third-order valence-electron chi connectivity index (χ3n) is 3.40. The van der Waals surface area contributed by atoms with Crippen LogP contribution in [0.5, 0.6) is 5.75 Å². The van der Waals surface area contributed by atoms with E-state index in [1.165, 1.54) is 19.3 Å². The molecule has 0 atom stereocenters. The number of methoxy groups -OCH3 is 1. The van der Waals surface area contributed by atoms with E-state index in [0.29, 0.717) is 11.2 Å². The van der Waals surface area contributed by atoms with Crippen LogP contribution in [0.1, 0.15) is 30.9 Å². The van der Waals surface area contributed by atoms with Gasteiger partial charge in [0.1, 0.15) is 5.75 Å². The highest BCUT2D eigenvalue weighted by Crippen LogP contribution is 2.39. The molecule has 1 aliphatic rings. The number of halogens is 1. The van der Waals surface area contributed by atoms with Crippen molar-refractivity contribution in [2.45, 2.75) is 25.2 Å². The summed E-state index contributed by atoms with van der Waals surface area (Å²) in [5.74, 6) is 1.35. The van der Waals surface area contributed by atoms with E-state index in [1.807, 2.05) is 18.2 Å². The fourth-order valence-electron chi connectivity index (χ4n) is 2.22. The Bertz CT molecular complexity index is 567. The van der Waals surface area contributed by atoms with Crippen LogP contribution in [0.4, 0.5) is 0 Å². The summed E-state index contributed by atoms with van der Waals surface area (Å²) in [4.78, 5) is 8.65. The summed E-state index contributed by atoms with van der Waals surface area (Å²) in [7, 11) is 1.65. The number of ether oxygens (including phenoxy) is 1. The first-order chi connectivity index (χ1) is 8.28. The van der Waals surface area contributed by atoms with Crippen molar-refractivity contribution in [2.75, 3.05) is 7.11 Å². The summed E-state index contributed by atoms with van der Waals surface area (Å²) in [5, 5.41) is 1.42. The van der Waals surface area contributed by atoms with Gasteiger partial charge in [-0.3, -0.25) is 0 Å². The van der Waals surface area contributed by atoms with E-state index in [2.05, 4.69) is 9.97 Å².